The molecule has 252 valence electrons. The summed E-state index contributed by atoms with van der Waals surface area (Å²) in [5.41, 5.74) is 8.83. The number of amidine groups is 1. The number of benzene rings is 2. The Morgan fingerprint density at radius 1 is 1.04 bits per heavy atom. The highest BCUT2D eigenvalue weighted by Crippen LogP contribution is 2.38. The Balaban J connectivity index is 0.000000942. The number of halogens is 3. The van der Waals surface area contributed by atoms with Gasteiger partial charge >= 0.3 is 12.1 Å². The van der Waals surface area contributed by atoms with Crippen LogP contribution in [0.25, 0.3) is 11.1 Å². The zero-order valence-electron chi connectivity index (χ0n) is 25.0. The lowest BCUT2D eigenvalue weighted by Crippen LogP contribution is -2.30. The highest BCUT2D eigenvalue weighted by molar-refractivity contribution is 8.01. The van der Waals surface area contributed by atoms with E-state index in [2.05, 4.69) is 10.6 Å². The lowest BCUT2D eigenvalue weighted by Gasteiger charge is -2.13. The number of anilines is 1. The van der Waals surface area contributed by atoms with Gasteiger partial charge in [0.15, 0.2) is 5.96 Å². The smallest absolute Gasteiger partial charge is 0.475 e. The van der Waals surface area contributed by atoms with E-state index in [-0.39, 0.29) is 27.3 Å². The number of unbranched alkanes of at least 4 members (excludes halogenated alkanes) is 2. The third-order valence-electron chi connectivity index (χ3n) is 6.09. The summed E-state index contributed by atoms with van der Waals surface area (Å²) in [5.74, 6) is -2.60. The van der Waals surface area contributed by atoms with Gasteiger partial charge < -0.3 is 21.5 Å². The van der Waals surface area contributed by atoms with Gasteiger partial charge in [-0.25, -0.2) is 21.6 Å². The van der Waals surface area contributed by atoms with Crippen molar-refractivity contribution in [1.82, 2.24) is 5.32 Å². The van der Waals surface area contributed by atoms with Gasteiger partial charge in [-0.1, -0.05) is 24.6 Å². The maximum atomic E-state index is 13.5. The number of hydrogen-bond acceptors (Lipinski definition) is 9. The molecule has 0 spiro atoms. The molecule has 46 heavy (non-hydrogen) atoms. The van der Waals surface area contributed by atoms with E-state index < -0.39 is 31.8 Å². The van der Waals surface area contributed by atoms with Gasteiger partial charge in [-0.2, -0.15) is 13.2 Å². The highest BCUT2D eigenvalue weighted by atomic mass is 32.2. The first kappa shape index (κ1) is 38.6. The zero-order valence-corrected chi connectivity index (χ0v) is 28.3. The molecule has 0 unspecified atom stereocenters. The standard InChI is InChI=1S/C26H33N5O4S4.C2HF3O2/c1-17-14-19(31-26(29)30-12-5-4-6-13-38(3,32)33)10-11-21(17)18-8-7-9-20(15-18)39(34,35)23-16-22(24(27)28)37-25(23)36-2;3-2(4,5)1(6)7/h7-11,14-16H,4-6,12-13H2,1-3H3,(H3,27,28)(H3,29,30,31);(H,6,7). The van der Waals surface area contributed by atoms with E-state index in [4.69, 9.17) is 26.5 Å². The number of nitrogen functional groups attached to an aromatic ring is 1. The topological polar surface area (TPSA) is 203 Å². The number of aliphatic carboxylic acids is 1. The number of guanidine groups is 1. The molecular formula is C28H34F3N5O6S4. The Morgan fingerprint density at radius 2 is 1.70 bits per heavy atom. The predicted molar refractivity (Wildman–Crippen MR) is 176 cm³/mol. The number of rotatable bonds is 12. The summed E-state index contributed by atoms with van der Waals surface area (Å²) in [6, 6.07) is 13.8. The number of aryl methyl sites for hydroxylation is 1. The molecule has 0 aliphatic carbocycles. The lowest BCUT2D eigenvalue weighted by molar-refractivity contribution is -0.192. The van der Waals surface area contributed by atoms with E-state index in [0.29, 0.717) is 27.7 Å². The van der Waals surface area contributed by atoms with Crippen molar-refractivity contribution in [2.45, 2.75) is 46.4 Å². The summed E-state index contributed by atoms with van der Waals surface area (Å²) in [6.45, 7) is 2.48. The molecule has 0 saturated carbocycles. The average Bonchev–Trinajstić information content (AvgIpc) is 3.40. The highest BCUT2D eigenvalue weighted by Gasteiger charge is 2.38. The molecule has 0 bridgehead atoms. The summed E-state index contributed by atoms with van der Waals surface area (Å²) in [7, 11) is -6.77. The lowest BCUT2D eigenvalue weighted by atomic mass is 10.00. The van der Waals surface area contributed by atoms with Crippen LogP contribution in [0.2, 0.25) is 0 Å². The number of thioether (sulfide) groups is 1. The Labute approximate surface area is 273 Å². The summed E-state index contributed by atoms with van der Waals surface area (Å²) >= 11 is 2.50. The van der Waals surface area contributed by atoms with E-state index in [9.17, 15) is 30.0 Å². The normalized spacial score (nSPS) is 11.7. The van der Waals surface area contributed by atoms with Crippen molar-refractivity contribution in [3.63, 3.8) is 0 Å². The molecule has 0 atom stereocenters. The van der Waals surface area contributed by atoms with Crippen molar-refractivity contribution in [3.8, 4) is 11.1 Å². The van der Waals surface area contributed by atoms with E-state index in [1.54, 1.807) is 24.5 Å². The van der Waals surface area contributed by atoms with Crippen molar-refractivity contribution in [2.24, 2.45) is 5.73 Å². The molecule has 0 fully saturated rings. The maximum Gasteiger partial charge on any atom is 0.490 e. The molecule has 0 aliphatic heterocycles. The zero-order chi connectivity index (χ0) is 34.9. The van der Waals surface area contributed by atoms with Gasteiger partial charge in [0.2, 0.25) is 9.84 Å². The molecular weight excluding hydrogens is 688 g/mol. The van der Waals surface area contributed by atoms with Crippen molar-refractivity contribution in [1.29, 1.82) is 10.8 Å². The third kappa shape index (κ3) is 11.6. The number of alkyl halides is 3. The number of carboxylic acid groups (broad SMARTS) is 1. The predicted octanol–water partition coefficient (Wildman–Crippen LogP) is 5.35. The Hall–Kier alpha value is -3.61. The molecule has 18 heteroatoms. The second-order valence-corrected chi connectivity index (χ2v) is 16.2. The first-order valence-electron chi connectivity index (χ1n) is 13.3. The third-order valence-corrected chi connectivity index (χ3v) is 11.5. The number of nitrogens with two attached hydrogens (primary N) is 1. The molecule has 0 aliphatic rings. The van der Waals surface area contributed by atoms with E-state index in [1.807, 2.05) is 31.2 Å². The SMILES string of the molecule is CSc1sc(C(=N)N)cc1S(=O)(=O)c1cccc(-c2ccc(NC(=N)NCCCCCS(C)(=O)=O)cc2C)c1.O=C(O)C(F)(F)F. The summed E-state index contributed by atoms with van der Waals surface area (Å²) in [4.78, 5) is 9.62. The Morgan fingerprint density at radius 3 is 2.24 bits per heavy atom. The minimum absolute atomic E-state index is 0.142. The molecule has 3 aromatic rings. The molecule has 0 saturated heterocycles. The minimum atomic E-state index is -5.08. The van der Waals surface area contributed by atoms with Crippen molar-refractivity contribution in [3.05, 3.63) is 59.0 Å². The van der Waals surface area contributed by atoms with Crippen LogP contribution in [-0.4, -0.2) is 70.7 Å². The number of hydrogen-bond donors (Lipinski definition) is 6. The molecule has 1 heterocycles. The molecule has 11 nitrogen and oxygen atoms in total. The fraction of sp³-hybridized carbons (Fsp3) is 0.321. The van der Waals surface area contributed by atoms with Crippen LogP contribution in [-0.2, 0) is 24.5 Å². The summed E-state index contributed by atoms with van der Waals surface area (Å²) < 4.78 is 81.7. The fourth-order valence-corrected chi connectivity index (χ4v) is 8.54. The number of thiophene rings is 1. The molecule has 3 rings (SSSR count). The summed E-state index contributed by atoms with van der Waals surface area (Å²) in [5, 5.41) is 28.9. The molecule has 0 amide bonds. The van der Waals surface area contributed by atoms with Gasteiger partial charge in [0, 0.05) is 24.2 Å². The minimum Gasteiger partial charge on any atom is -0.475 e. The molecule has 2 aromatic carbocycles. The van der Waals surface area contributed by atoms with Gasteiger partial charge in [-0.05, 0) is 73.0 Å². The van der Waals surface area contributed by atoms with Gasteiger partial charge in [0.25, 0.3) is 0 Å². The second kappa shape index (κ2) is 16.3. The van der Waals surface area contributed by atoms with Crippen LogP contribution in [0.15, 0.2) is 62.5 Å². The van der Waals surface area contributed by atoms with Crippen LogP contribution in [0.1, 0.15) is 29.7 Å². The quantitative estimate of drug-likeness (QED) is 0.0613. The van der Waals surface area contributed by atoms with E-state index in [1.165, 1.54) is 35.4 Å². The maximum absolute atomic E-state index is 13.5. The van der Waals surface area contributed by atoms with Crippen LogP contribution < -0.4 is 16.4 Å². The molecule has 1 aromatic heterocycles. The van der Waals surface area contributed by atoms with Gasteiger partial charge in [-0.15, -0.1) is 23.1 Å². The number of sulfone groups is 2. The first-order chi connectivity index (χ1) is 21.3. The Kier molecular flexibility index (Phi) is 13.7. The van der Waals surface area contributed by atoms with Gasteiger partial charge in [-0.3, -0.25) is 10.8 Å². The van der Waals surface area contributed by atoms with Crippen LogP contribution in [0.4, 0.5) is 18.9 Å². The Bertz CT molecular complexity index is 1790. The van der Waals surface area contributed by atoms with Gasteiger partial charge in [0.05, 0.1) is 18.9 Å². The van der Waals surface area contributed by atoms with Crippen LogP contribution in [0.3, 0.4) is 0 Å². The van der Waals surface area contributed by atoms with Gasteiger partial charge in [0.1, 0.15) is 15.7 Å². The van der Waals surface area contributed by atoms with Crippen LogP contribution in [0, 0.1) is 17.7 Å². The van der Waals surface area contributed by atoms with Crippen LogP contribution in [0.5, 0.6) is 0 Å². The first-order valence-corrected chi connectivity index (χ1v) is 18.9. The second-order valence-electron chi connectivity index (χ2n) is 9.86. The monoisotopic (exact) mass is 721 g/mol. The molecule has 7 N–H and O–H groups in total. The van der Waals surface area contributed by atoms with E-state index in [0.717, 1.165) is 29.5 Å². The largest absolute Gasteiger partial charge is 0.490 e. The molecule has 0 radical (unpaired) electrons. The van der Waals surface area contributed by atoms with Crippen molar-refractivity contribution < 1.29 is 39.9 Å². The van der Waals surface area contributed by atoms with Crippen LogP contribution >= 0.6 is 23.1 Å². The van der Waals surface area contributed by atoms with Crippen molar-refractivity contribution >= 4 is 66.2 Å². The van der Waals surface area contributed by atoms with Crippen molar-refractivity contribution in [2.75, 3.05) is 30.1 Å². The fourth-order valence-electron chi connectivity index (χ4n) is 3.91. The summed E-state index contributed by atoms with van der Waals surface area (Å²) in [6.07, 6.45) is 0.0713. The number of nitrogens with one attached hydrogen (secondary N) is 4. The average molecular weight is 722 g/mol. The number of carboxylic acids is 1. The number of carbonyl (C=O) groups is 1. The van der Waals surface area contributed by atoms with E-state index >= 15 is 0 Å².